The molecule has 0 bridgehead atoms. The Balaban J connectivity index is 1.51. The Bertz CT molecular complexity index is 942. The molecule has 4 rings (SSSR count). The van der Waals surface area contributed by atoms with Gasteiger partial charge in [0, 0.05) is 30.9 Å². The number of halogens is 1. The molecule has 0 saturated carbocycles. The maximum atomic E-state index is 13.3. The molecule has 1 amide bonds. The maximum absolute atomic E-state index is 13.3. The number of nitrogens with zero attached hydrogens (tertiary/aromatic N) is 2. The molecule has 1 aromatic heterocycles. The predicted molar refractivity (Wildman–Crippen MR) is 105 cm³/mol. The van der Waals surface area contributed by atoms with E-state index in [0.717, 1.165) is 42.4 Å². The largest absolute Gasteiger partial charge is 0.351 e. The van der Waals surface area contributed by atoms with E-state index in [4.69, 9.17) is 0 Å². The number of fused-ring (bicyclic) bond motifs is 1. The minimum atomic E-state index is -0.237. The second-order valence-electron chi connectivity index (χ2n) is 7.22. The lowest BCUT2D eigenvalue weighted by Crippen LogP contribution is -2.36. The highest BCUT2D eigenvalue weighted by Crippen LogP contribution is 2.25. The molecule has 0 spiro atoms. The monoisotopic (exact) mass is 365 g/mol. The van der Waals surface area contributed by atoms with Crippen LogP contribution in [-0.2, 0) is 7.05 Å². The van der Waals surface area contributed by atoms with Crippen molar-refractivity contribution in [3.63, 3.8) is 0 Å². The molecule has 1 N–H and O–H groups in total. The van der Waals surface area contributed by atoms with Gasteiger partial charge in [-0.3, -0.25) is 9.69 Å². The van der Waals surface area contributed by atoms with Gasteiger partial charge >= 0.3 is 0 Å². The van der Waals surface area contributed by atoms with E-state index >= 15 is 0 Å². The molecule has 0 unspecified atom stereocenters. The lowest BCUT2D eigenvalue weighted by molar-refractivity contribution is 0.0938. The summed E-state index contributed by atoms with van der Waals surface area (Å²) in [6.45, 7) is 2.52. The van der Waals surface area contributed by atoms with Gasteiger partial charge in [0.15, 0.2) is 0 Å². The number of likely N-dealkylation sites (tertiary alicyclic amines) is 1. The van der Waals surface area contributed by atoms with Gasteiger partial charge in [0.05, 0.1) is 6.04 Å². The van der Waals surface area contributed by atoms with Crippen LogP contribution in [0.1, 0.15) is 34.8 Å². The van der Waals surface area contributed by atoms with Crippen LogP contribution in [0.2, 0.25) is 0 Å². The molecule has 27 heavy (non-hydrogen) atoms. The number of carbonyl (C=O) groups excluding carboxylic acids is 1. The van der Waals surface area contributed by atoms with Crippen molar-refractivity contribution in [3.8, 4) is 0 Å². The molecule has 1 saturated heterocycles. The van der Waals surface area contributed by atoms with Crippen molar-refractivity contribution < 1.29 is 9.18 Å². The summed E-state index contributed by atoms with van der Waals surface area (Å²) >= 11 is 0. The van der Waals surface area contributed by atoms with E-state index in [0.29, 0.717) is 12.1 Å². The molecule has 2 aromatic carbocycles. The highest BCUT2D eigenvalue weighted by atomic mass is 19.1. The van der Waals surface area contributed by atoms with Crippen molar-refractivity contribution in [2.24, 2.45) is 7.05 Å². The number of hydrogen-bond donors (Lipinski definition) is 1. The molecular formula is C22H24FN3O. The second kappa shape index (κ2) is 7.53. The maximum Gasteiger partial charge on any atom is 0.251 e. The van der Waals surface area contributed by atoms with Crippen LogP contribution in [0.5, 0.6) is 0 Å². The summed E-state index contributed by atoms with van der Waals surface area (Å²) in [5.74, 6) is -0.316. The normalized spacial score (nSPS) is 15.9. The van der Waals surface area contributed by atoms with Gasteiger partial charge in [0.25, 0.3) is 5.91 Å². The smallest absolute Gasteiger partial charge is 0.251 e. The number of nitrogens with one attached hydrogen (secondary N) is 1. The summed E-state index contributed by atoms with van der Waals surface area (Å²) in [6.07, 6.45) is 4.32. The van der Waals surface area contributed by atoms with E-state index in [2.05, 4.69) is 10.2 Å². The molecular weight excluding hydrogens is 341 g/mol. The summed E-state index contributed by atoms with van der Waals surface area (Å²) in [4.78, 5) is 15.1. The van der Waals surface area contributed by atoms with Gasteiger partial charge in [-0.25, -0.2) is 4.39 Å². The lowest BCUT2D eigenvalue weighted by atomic mass is 10.0. The molecule has 2 heterocycles. The second-order valence-corrected chi connectivity index (χ2v) is 7.22. The van der Waals surface area contributed by atoms with E-state index < -0.39 is 0 Å². The van der Waals surface area contributed by atoms with Crippen LogP contribution in [-0.4, -0.2) is 35.0 Å². The standard InChI is InChI=1S/C22H24FN3O/c1-25-13-10-17-4-5-18(14-20(17)25)22(27)24-15-21(26-11-2-3-12-26)16-6-8-19(23)9-7-16/h4-10,13-14,21H,2-3,11-12,15H2,1H3,(H,24,27)/t21-/m1/s1. The average Bonchev–Trinajstić information content (AvgIpc) is 3.33. The average molecular weight is 365 g/mol. The Morgan fingerprint density at radius 1 is 1.11 bits per heavy atom. The van der Waals surface area contributed by atoms with Gasteiger partial charge in [-0.1, -0.05) is 18.2 Å². The third kappa shape index (κ3) is 3.74. The van der Waals surface area contributed by atoms with E-state index in [1.165, 1.54) is 12.1 Å². The topological polar surface area (TPSA) is 37.3 Å². The van der Waals surface area contributed by atoms with Crippen molar-refractivity contribution in [1.82, 2.24) is 14.8 Å². The zero-order chi connectivity index (χ0) is 18.8. The third-order valence-electron chi connectivity index (χ3n) is 5.44. The quantitative estimate of drug-likeness (QED) is 0.745. The van der Waals surface area contributed by atoms with Gasteiger partial charge in [0.1, 0.15) is 5.82 Å². The van der Waals surface area contributed by atoms with E-state index in [-0.39, 0.29) is 17.8 Å². The third-order valence-corrected chi connectivity index (χ3v) is 5.44. The Hall–Kier alpha value is -2.66. The van der Waals surface area contributed by atoms with Crippen LogP contribution in [0.15, 0.2) is 54.7 Å². The number of hydrogen-bond acceptors (Lipinski definition) is 2. The predicted octanol–water partition coefficient (Wildman–Crippen LogP) is 3.88. The Kier molecular flexibility index (Phi) is 4.94. The summed E-state index contributed by atoms with van der Waals surface area (Å²) in [6, 6.07) is 14.5. The SMILES string of the molecule is Cn1ccc2ccc(C(=O)NC[C@H](c3ccc(F)cc3)N3CCCC3)cc21. The molecule has 4 nitrogen and oxygen atoms in total. The first-order valence-corrected chi connectivity index (χ1v) is 9.44. The van der Waals surface area contributed by atoms with Crippen LogP contribution in [0.25, 0.3) is 10.9 Å². The van der Waals surface area contributed by atoms with E-state index in [1.54, 1.807) is 0 Å². The minimum Gasteiger partial charge on any atom is -0.351 e. The Labute approximate surface area is 158 Å². The number of rotatable bonds is 5. The van der Waals surface area contributed by atoms with Crippen LogP contribution < -0.4 is 5.32 Å². The molecule has 140 valence electrons. The fraction of sp³-hybridized carbons (Fsp3) is 0.318. The van der Waals surface area contributed by atoms with Gasteiger partial charge in [0.2, 0.25) is 0 Å². The first-order chi connectivity index (χ1) is 13.1. The lowest BCUT2D eigenvalue weighted by Gasteiger charge is -2.28. The van der Waals surface area contributed by atoms with Crippen molar-refractivity contribution >= 4 is 16.8 Å². The van der Waals surface area contributed by atoms with Crippen LogP contribution in [0.4, 0.5) is 4.39 Å². The zero-order valence-corrected chi connectivity index (χ0v) is 15.5. The molecule has 1 fully saturated rings. The minimum absolute atomic E-state index is 0.0656. The molecule has 1 aliphatic heterocycles. The Morgan fingerprint density at radius 2 is 1.85 bits per heavy atom. The van der Waals surface area contributed by atoms with Crippen LogP contribution >= 0.6 is 0 Å². The highest BCUT2D eigenvalue weighted by Gasteiger charge is 2.24. The van der Waals surface area contributed by atoms with Crippen LogP contribution in [0, 0.1) is 5.82 Å². The molecule has 0 aliphatic carbocycles. The highest BCUT2D eigenvalue weighted by molar-refractivity contribution is 5.98. The van der Waals surface area contributed by atoms with Crippen LogP contribution in [0.3, 0.4) is 0 Å². The molecule has 1 atom stereocenters. The summed E-state index contributed by atoms with van der Waals surface area (Å²) in [7, 11) is 1.97. The number of amides is 1. The van der Waals surface area contributed by atoms with Gasteiger partial charge < -0.3 is 9.88 Å². The number of benzene rings is 2. The Morgan fingerprint density at radius 3 is 2.59 bits per heavy atom. The number of carbonyl (C=O) groups is 1. The first-order valence-electron chi connectivity index (χ1n) is 9.44. The summed E-state index contributed by atoms with van der Waals surface area (Å²) < 4.78 is 15.3. The van der Waals surface area contributed by atoms with Gasteiger partial charge in [-0.15, -0.1) is 0 Å². The molecule has 3 aromatic rings. The molecule has 1 aliphatic rings. The van der Waals surface area contributed by atoms with Crippen molar-refractivity contribution in [2.45, 2.75) is 18.9 Å². The van der Waals surface area contributed by atoms with E-state index in [1.807, 2.05) is 54.2 Å². The fourth-order valence-electron chi connectivity index (χ4n) is 3.89. The zero-order valence-electron chi connectivity index (χ0n) is 15.5. The molecule has 0 radical (unpaired) electrons. The van der Waals surface area contributed by atoms with Gasteiger partial charge in [-0.2, -0.15) is 0 Å². The molecule has 5 heteroatoms. The van der Waals surface area contributed by atoms with Crippen molar-refractivity contribution in [3.05, 3.63) is 71.7 Å². The van der Waals surface area contributed by atoms with Gasteiger partial charge in [-0.05, 0) is 67.2 Å². The number of aromatic nitrogens is 1. The van der Waals surface area contributed by atoms with E-state index in [9.17, 15) is 9.18 Å². The summed E-state index contributed by atoms with van der Waals surface area (Å²) in [5, 5.41) is 4.20. The van der Waals surface area contributed by atoms with Crippen molar-refractivity contribution in [1.29, 1.82) is 0 Å². The first kappa shape index (κ1) is 17.7. The summed E-state index contributed by atoms with van der Waals surface area (Å²) in [5.41, 5.74) is 2.73. The van der Waals surface area contributed by atoms with Crippen molar-refractivity contribution in [2.75, 3.05) is 19.6 Å². The fourth-order valence-corrected chi connectivity index (χ4v) is 3.89. The number of aryl methyl sites for hydroxylation is 1.